The maximum Gasteiger partial charge on any atom is 0.331 e. The van der Waals surface area contributed by atoms with Crippen LogP contribution in [0.1, 0.15) is 37.8 Å². The highest BCUT2D eigenvalue weighted by molar-refractivity contribution is 5.91. The van der Waals surface area contributed by atoms with Crippen LogP contribution in [0, 0.1) is 11.3 Å². The first kappa shape index (κ1) is 23.1. The number of rotatable bonds is 7. The summed E-state index contributed by atoms with van der Waals surface area (Å²) in [7, 11) is 0. The van der Waals surface area contributed by atoms with E-state index >= 15 is 0 Å². The van der Waals surface area contributed by atoms with Crippen LogP contribution in [-0.4, -0.2) is 22.2 Å². The lowest BCUT2D eigenvalue weighted by atomic mass is 9.68. The number of hydrogen-bond donors (Lipinski definition) is 2. The van der Waals surface area contributed by atoms with E-state index in [9.17, 15) is 19.8 Å². The third kappa shape index (κ3) is 6.18. The van der Waals surface area contributed by atoms with Gasteiger partial charge in [-0.15, -0.1) is 0 Å². The van der Waals surface area contributed by atoms with Gasteiger partial charge in [0.2, 0.25) is 0 Å². The molecule has 0 aliphatic heterocycles. The number of aryl methyl sites for hydroxylation is 1. The third-order valence-electron chi connectivity index (χ3n) is 5.47. The first-order chi connectivity index (χ1) is 14.4. The molecular formula is C26H30O4. The van der Waals surface area contributed by atoms with Crippen LogP contribution in [0.5, 0.6) is 0 Å². The molecule has 2 N–H and O–H groups in total. The second-order valence-electron chi connectivity index (χ2n) is 7.71. The smallest absolute Gasteiger partial charge is 0.331 e. The Kier molecular flexibility index (Phi) is 8.60. The van der Waals surface area contributed by atoms with Crippen molar-refractivity contribution in [2.24, 2.45) is 11.3 Å². The van der Waals surface area contributed by atoms with Gasteiger partial charge >= 0.3 is 11.9 Å². The predicted octanol–water partition coefficient (Wildman–Crippen LogP) is 5.55. The van der Waals surface area contributed by atoms with Crippen molar-refractivity contribution in [1.29, 1.82) is 0 Å². The summed E-state index contributed by atoms with van der Waals surface area (Å²) in [6, 6.07) is 20.0. The molecule has 0 radical (unpaired) electrons. The molecule has 1 aliphatic rings. The molecule has 1 aliphatic carbocycles. The van der Waals surface area contributed by atoms with E-state index in [-0.39, 0.29) is 5.57 Å². The summed E-state index contributed by atoms with van der Waals surface area (Å²) in [4.78, 5) is 22.9. The average molecular weight is 407 g/mol. The molecule has 0 saturated heterocycles. The van der Waals surface area contributed by atoms with Gasteiger partial charge in [0, 0.05) is 11.5 Å². The van der Waals surface area contributed by atoms with Crippen LogP contribution in [0.25, 0.3) is 0 Å². The largest absolute Gasteiger partial charge is 0.481 e. The quantitative estimate of drug-likeness (QED) is 0.632. The molecule has 4 nitrogen and oxygen atoms in total. The van der Waals surface area contributed by atoms with E-state index in [1.807, 2.05) is 30.3 Å². The molecule has 0 heterocycles. The van der Waals surface area contributed by atoms with Gasteiger partial charge in [-0.1, -0.05) is 92.2 Å². The molecule has 2 aromatic rings. The van der Waals surface area contributed by atoms with Crippen LogP contribution in [-0.2, 0) is 22.4 Å². The van der Waals surface area contributed by atoms with E-state index in [0.29, 0.717) is 6.42 Å². The van der Waals surface area contributed by atoms with Gasteiger partial charge in [-0.25, -0.2) is 4.79 Å². The summed E-state index contributed by atoms with van der Waals surface area (Å²) < 4.78 is 0. The number of carboxylic acid groups (broad SMARTS) is 2. The van der Waals surface area contributed by atoms with Crippen LogP contribution in [0.2, 0.25) is 0 Å². The van der Waals surface area contributed by atoms with Gasteiger partial charge in [0.1, 0.15) is 0 Å². The topological polar surface area (TPSA) is 74.6 Å². The molecule has 2 unspecified atom stereocenters. The average Bonchev–Trinajstić information content (AvgIpc) is 2.75. The Hall–Kier alpha value is -3.14. The summed E-state index contributed by atoms with van der Waals surface area (Å²) in [5, 5.41) is 18.8. The molecule has 0 aromatic heterocycles. The minimum Gasteiger partial charge on any atom is -0.481 e. The van der Waals surface area contributed by atoms with Crippen LogP contribution in [0.3, 0.4) is 0 Å². The SMILES string of the molecule is CC1(C(=O)O)C=CC=C(C(=O)O)C1Cc1ccccc1.CCCCc1ccccc1. The van der Waals surface area contributed by atoms with Crippen molar-refractivity contribution >= 4 is 11.9 Å². The standard InChI is InChI=1S/C16H16O4.C10H14/c1-16(15(19)20)9-5-8-12(14(17)18)13(16)10-11-6-3-2-4-7-11;1-2-3-7-10-8-5-4-6-9-10/h2-9,13H,10H2,1H3,(H,17,18)(H,19,20);4-6,8-9H,2-3,7H2,1H3. The lowest BCUT2D eigenvalue weighted by Gasteiger charge is -2.34. The number of aliphatic carboxylic acids is 2. The van der Waals surface area contributed by atoms with Crippen molar-refractivity contribution in [3.63, 3.8) is 0 Å². The van der Waals surface area contributed by atoms with E-state index in [2.05, 4.69) is 37.3 Å². The van der Waals surface area contributed by atoms with Crippen molar-refractivity contribution in [1.82, 2.24) is 0 Å². The number of carboxylic acids is 2. The molecule has 4 heteroatoms. The molecular weight excluding hydrogens is 376 g/mol. The lowest BCUT2D eigenvalue weighted by Crippen LogP contribution is -2.39. The van der Waals surface area contributed by atoms with Gasteiger partial charge in [0.25, 0.3) is 0 Å². The van der Waals surface area contributed by atoms with E-state index in [0.717, 1.165) is 5.56 Å². The van der Waals surface area contributed by atoms with Gasteiger partial charge in [-0.2, -0.15) is 0 Å². The summed E-state index contributed by atoms with van der Waals surface area (Å²) in [5.41, 5.74) is 1.32. The molecule has 0 fully saturated rings. The molecule has 2 atom stereocenters. The van der Waals surface area contributed by atoms with E-state index in [1.54, 1.807) is 13.0 Å². The number of carbonyl (C=O) groups is 2. The van der Waals surface area contributed by atoms with Crippen LogP contribution in [0.15, 0.2) is 84.5 Å². The van der Waals surface area contributed by atoms with Crippen LogP contribution < -0.4 is 0 Å². The Morgan fingerprint density at radius 2 is 1.50 bits per heavy atom. The Balaban J connectivity index is 0.000000269. The summed E-state index contributed by atoms with van der Waals surface area (Å²) >= 11 is 0. The maximum atomic E-state index is 11.6. The van der Waals surface area contributed by atoms with Gasteiger partial charge < -0.3 is 10.2 Å². The monoisotopic (exact) mass is 406 g/mol. The van der Waals surface area contributed by atoms with Crippen molar-refractivity contribution < 1.29 is 19.8 Å². The fourth-order valence-corrected chi connectivity index (χ4v) is 3.55. The zero-order chi connectivity index (χ0) is 22.0. The second kappa shape index (κ2) is 11.1. The number of benzene rings is 2. The Morgan fingerprint density at radius 1 is 0.933 bits per heavy atom. The fraction of sp³-hybridized carbons (Fsp3) is 0.308. The molecule has 158 valence electrons. The van der Waals surface area contributed by atoms with Crippen LogP contribution in [0.4, 0.5) is 0 Å². The lowest BCUT2D eigenvalue weighted by molar-refractivity contribution is -0.147. The first-order valence-electron chi connectivity index (χ1n) is 10.3. The van der Waals surface area contributed by atoms with Crippen molar-refractivity contribution in [2.75, 3.05) is 0 Å². The van der Waals surface area contributed by atoms with Gasteiger partial charge in [-0.05, 0) is 37.3 Å². The molecule has 3 rings (SSSR count). The normalized spacial score (nSPS) is 19.9. The number of unbranched alkanes of at least 4 members (excludes halogenated alkanes) is 1. The fourth-order valence-electron chi connectivity index (χ4n) is 3.55. The molecule has 2 aromatic carbocycles. The number of hydrogen-bond acceptors (Lipinski definition) is 2. The number of allylic oxidation sites excluding steroid dienone is 2. The van der Waals surface area contributed by atoms with Gasteiger partial charge in [-0.3, -0.25) is 4.79 Å². The molecule has 30 heavy (non-hydrogen) atoms. The Morgan fingerprint density at radius 3 is 2.00 bits per heavy atom. The summed E-state index contributed by atoms with van der Waals surface area (Å²) in [6.07, 6.45) is 8.78. The van der Waals surface area contributed by atoms with E-state index in [1.165, 1.54) is 37.0 Å². The predicted molar refractivity (Wildman–Crippen MR) is 119 cm³/mol. The van der Waals surface area contributed by atoms with Crippen molar-refractivity contribution in [3.8, 4) is 0 Å². The van der Waals surface area contributed by atoms with E-state index in [4.69, 9.17) is 0 Å². The van der Waals surface area contributed by atoms with Gasteiger partial charge in [0.05, 0.1) is 5.41 Å². The minimum absolute atomic E-state index is 0.140. The second-order valence-corrected chi connectivity index (χ2v) is 7.71. The zero-order valence-corrected chi connectivity index (χ0v) is 17.6. The van der Waals surface area contributed by atoms with Crippen molar-refractivity contribution in [2.45, 2.75) is 39.5 Å². The molecule has 0 bridgehead atoms. The summed E-state index contributed by atoms with van der Waals surface area (Å²) in [5.74, 6) is -2.67. The zero-order valence-electron chi connectivity index (χ0n) is 17.6. The summed E-state index contributed by atoms with van der Waals surface area (Å²) in [6.45, 7) is 3.79. The highest BCUT2D eigenvalue weighted by Crippen LogP contribution is 2.40. The Labute approximate surface area is 178 Å². The highest BCUT2D eigenvalue weighted by Gasteiger charge is 2.44. The van der Waals surface area contributed by atoms with Crippen LogP contribution >= 0.6 is 0 Å². The van der Waals surface area contributed by atoms with Crippen molar-refractivity contribution in [3.05, 3.63) is 95.6 Å². The molecule has 0 amide bonds. The van der Waals surface area contributed by atoms with Gasteiger partial charge in [0.15, 0.2) is 0 Å². The minimum atomic E-state index is -1.21. The highest BCUT2D eigenvalue weighted by atomic mass is 16.4. The third-order valence-corrected chi connectivity index (χ3v) is 5.47. The Bertz CT molecular complexity index is 884. The van der Waals surface area contributed by atoms with E-state index < -0.39 is 23.3 Å². The maximum absolute atomic E-state index is 11.6. The first-order valence-corrected chi connectivity index (χ1v) is 10.3. The molecule has 0 saturated carbocycles. The molecule has 0 spiro atoms.